The zero-order chi connectivity index (χ0) is 9.35. The van der Waals surface area contributed by atoms with E-state index in [4.69, 9.17) is 0 Å². The van der Waals surface area contributed by atoms with Crippen LogP contribution in [-0.4, -0.2) is 18.3 Å². The van der Waals surface area contributed by atoms with E-state index >= 15 is 0 Å². The van der Waals surface area contributed by atoms with E-state index < -0.39 is 8.07 Å². The maximum absolute atomic E-state index is 3.65. The van der Waals surface area contributed by atoms with Crippen molar-refractivity contribution in [3.8, 4) is 0 Å². The lowest BCUT2D eigenvalue weighted by Crippen LogP contribution is -2.47. The van der Waals surface area contributed by atoms with E-state index in [9.17, 15) is 0 Å². The highest BCUT2D eigenvalue weighted by molar-refractivity contribution is 6.91. The van der Waals surface area contributed by atoms with Crippen LogP contribution in [0, 0.1) is 6.92 Å². The van der Waals surface area contributed by atoms with Crippen molar-refractivity contribution < 1.29 is 0 Å². The third-order valence-corrected chi connectivity index (χ3v) is 4.70. The van der Waals surface area contributed by atoms with E-state index in [-0.39, 0.29) is 0 Å². The van der Waals surface area contributed by atoms with Crippen LogP contribution >= 0.6 is 0 Å². The van der Waals surface area contributed by atoms with Crippen molar-refractivity contribution in [2.75, 3.05) is 0 Å². The van der Waals surface area contributed by atoms with Gasteiger partial charge >= 0.3 is 0 Å². The Labute approximate surface area is 79.4 Å². The maximum atomic E-state index is 3.65. The highest BCUT2D eigenvalue weighted by Crippen LogP contribution is 2.02. The fourth-order valence-corrected chi connectivity index (χ4v) is 4.11. The molecule has 0 bridgehead atoms. The van der Waals surface area contributed by atoms with Gasteiger partial charge in [0.1, 0.15) is 0 Å². The molecule has 0 aliphatic heterocycles. The van der Waals surface area contributed by atoms with E-state index in [2.05, 4.69) is 55.0 Å². The molecule has 0 saturated heterocycles. The lowest BCUT2D eigenvalue weighted by Gasteiger charge is -2.19. The Kier molecular flexibility index (Phi) is 2.59. The van der Waals surface area contributed by atoms with Crippen molar-refractivity contribution in [1.82, 2.24) is 0 Å². The first-order valence-corrected chi connectivity index (χ1v) is 8.24. The molecule has 3 radical (unpaired) electrons. The molecule has 0 nitrogen and oxygen atoms in total. The van der Waals surface area contributed by atoms with Crippen LogP contribution in [0.1, 0.15) is 5.56 Å². The lowest BCUT2D eigenvalue weighted by molar-refractivity contribution is 1.50. The molecular weight excluding hydrogens is 176 g/mol. The highest BCUT2D eigenvalue weighted by atomic mass is 28.3. The minimum atomic E-state index is -1.16. The average molecular weight is 191 g/mol. The van der Waals surface area contributed by atoms with Crippen LogP contribution in [0.3, 0.4) is 0 Å². The third-order valence-electron chi connectivity index (χ3n) is 1.98. The second-order valence-electron chi connectivity index (χ2n) is 4.30. The number of hydrogen-bond acceptors (Lipinski definition) is 0. The molecule has 0 aromatic heterocycles. The Morgan fingerprint density at radius 2 is 1.75 bits per heavy atom. The second kappa shape index (κ2) is 3.19. The zero-order valence-electron chi connectivity index (χ0n) is 8.23. The molecule has 0 N–H and O–H groups in total. The minimum absolute atomic E-state index is 1.16. The molecule has 1 aromatic carbocycles. The van der Waals surface area contributed by atoms with Gasteiger partial charge in [-0.1, -0.05) is 53.8 Å². The van der Waals surface area contributed by atoms with Gasteiger partial charge in [0.2, 0.25) is 0 Å². The maximum Gasteiger partial charge on any atom is 0.0774 e. The van der Waals surface area contributed by atoms with Crippen molar-refractivity contribution in [2.45, 2.75) is 26.6 Å². The van der Waals surface area contributed by atoms with E-state index in [1.165, 1.54) is 15.9 Å². The molecule has 0 aliphatic rings. The second-order valence-corrected chi connectivity index (χ2v) is 9.88. The highest BCUT2D eigenvalue weighted by Gasteiger charge is 2.17. The molecular formula is C10H15Si2. The van der Waals surface area contributed by atoms with Crippen LogP contribution in [0.25, 0.3) is 0 Å². The van der Waals surface area contributed by atoms with Gasteiger partial charge in [-0.2, -0.15) is 0 Å². The fourth-order valence-electron chi connectivity index (χ4n) is 1.28. The topological polar surface area (TPSA) is 0 Å². The third kappa shape index (κ3) is 2.08. The minimum Gasteiger partial charge on any atom is -0.0681 e. The van der Waals surface area contributed by atoms with Crippen LogP contribution < -0.4 is 10.4 Å². The lowest BCUT2D eigenvalue weighted by atomic mass is 10.2. The average Bonchev–Trinajstić information content (AvgIpc) is 1.92. The van der Waals surface area contributed by atoms with Crippen molar-refractivity contribution >= 4 is 28.7 Å². The molecule has 0 saturated carbocycles. The Hall–Kier alpha value is -0.346. The normalized spacial score (nSPS) is 11.8. The van der Waals surface area contributed by atoms with Crippen molar-refractivity contribution in [3.63, 3.8) is 0 Å². The summed E-state index contributed by atoms with van der Waals surface area (Å²) in [7, 11) is 2.49. The molecule has 2 heteroatoms. The smallest absolute Gasteiger partial charge is 0.0681 e. The Balaban J connectivity index is 3.23. The standard InChI is InChI=1S/C10H15Si2/c1-8-5-6-9(11)10(7-8)12(2,3)4/h5-7H,1-4H3. The molecule has 63 valence electrons. The van der Waals surface area contributed by atoms with Gasteiger partial charge in [0.05, 0.1) is 18.3 Å². The van der Waals surface area contributed by atoms with Gasteiger partial charge < -0.3 is 0 Å². The summed E-state index contributed by atoms with van der Waals surface area (Å²) in [5.74, 6) is 0. The Bertz CT molecular complexity index is 284. The first-order valence-electron chi connectivity index (χ1n) is 4.24. The summed E-state index contributed by atoms with van der Waals surface area (Å²) in [6.45, 7) is 9.25. The largest absolute Gasteiger partial charge is 0.0774 e. The van der Waals surface area contributed by atoms with Crippen LogP contribution in [0.4, 0.5) is 0 Å². The van der Waals surface area contributed by atoms with E-state index in [1.54, 1.807) is 0 Å². The number of benzene rings is 1. The molecule has 0 fully saturated rings. The Morgan fingerprint density at radius 3 is 2.17 bits per heavy atom. The molecule has 0 amide bonds. The molecule has 12 heavy (non-hydrogen) atoms. The molecule has 0 aliphatic carbocycles. The monoisotopic (exact) mass is 191 g/mol. The van der Waals surface area contributed by atoms with Crippen LogP contribution in [0.5, 0.6) is 0 Å². The van der Waals surface area contributed by atoms with E-state index in [0.29, 0.717) is 0 Å². The summed E-state index contributed by atoms with van der Waals surface area (Å²) >= 11 is 0. The molecule has 0 heterocycles. The van der Waals surface area contributed by atoms with Crippen molar-refractivity contribution in [2.24, 2.45) is 0 Å². The van der Waals surface area contributed by atoms with Gasteiger partial charge in [-0.05, 0) is 6.92 Å². The molecule has 1 rings (SSSR count). The zero-order valence-corrected chi connectivity index (χ0v) is 10.2. The number of rotatable bonds is 1. The first kappa shape index (κ1) is 9.74. The van der Waals surface area contributed by atoms with E-state index in [0.717, 1.165) is 0 Å². The van der Waals surface area contributed by atoms with Gasteiger partial charge in [0.15, 0.2) is 0 Å². The predicted octanol–water partition coefficient (Wildman–Crippen LogP) is 1.33. The molecule has 0 spiro atoms. The summed E-state index contributed by atoms with van der Waals surface area (Å²) in [5.41, 5.74) is 1.36. The van der Waals surface area contributed by atoms with Crippen LogP contribution in [0.2, 0.25) is 19.6 Å². The summed E-state index contributed by atoms with van der Waals surface area (Å²) in [6.07, 6.45) is 0. The summed E-state index contributed by atoms with van der Waals surface area (Å²) in [4.78, 5) is 0. The fraction of sp³-hybridized carbons (Fsp3) is 0.400. The van der Waals surface area contributed by atoms with Gasteiger partial charge in [-0.3, -0.25) is 0 Å². The van der Waals surface area contributed by atoms with Crippen LogP contribution in [0.15, 0.2) is 18.2 Å². The summed E-state index contributed by atoms with van der Waals surface area (Å²) < 4.78 is 0. The molecule has 0 atom stereocenters. The summed E-state index contributed by atoms with van der Waals surface area (Å²) in [6, 6.07) is 6.60. The summed E-state index contributed by atoms with van der Waals surface area (Å²) in [5, 5.41) is 2.78. The molecule has 1 aromatic rings. The predicted molar refractivity (Wildman–Crippen MR) is 59.5 cm³/mol. The van der Waals surface area contributed by atoms with Crippen molar-refractivity contribution in [1.29, 1.82) is 0 Å². The Morgan fingerprint density at radius 1 is 1.17 bits per heavy atom. The van der Waals surface area contributed by atoms with Gasteiger partial charge in [0, 0.05) is 0 Å². The van der Waals surface area contributed by atoms with Crippen molar-refractivity contribution in [3.05, 3.63) is 23.8 Å². The van der Waals surface area contributed by atoms with Gasteiger partial charge in [0.25, 0.3) is 0 Å². The van der Waals surface area contributed by atoms with Crippen LogP contribution in [-0.2, 0) is 0 Å². The van der Waals surface area contributed by atoms with Gasteiger partial charge in [-0.25, -0.2) is 0 Å². The number of aryl methyl sites for hydroxylation is 1. The van der Waals surface area contributed by atoms with E-state index in [1.807, 2.05) is 0 Å². The SMILES string of the molecule is Cc1ccc([Si])c([Si](C)(C)C)c1. The number of hydrogen-bond donors (Lipinski definition) is 0. The first-order chi connectivity index (χ1) is 5.41. The molecule has 0 unspecified atom stereocenters. The van der Waals surface area contributed by atoms with Gasteiger partial charge in [-0.15, -0.1) is 0 Å². The quantitative estimate of drug-likeness (QED) is 0.588.